The summed E-state index contributed by atoms with van der Waals surface area (Å²) in [7, 11) is -3.93. The van der Waals surface area contributed by atoms with E-state index in [1.807, 2.05) is 0 Å². The van der Waals surface area contributed by atoms with Gasteiger partial charge in [-0.25, -0.2) is 18.2 Å². The van der Waals surface area contributed by atoms with Crippen molar-refractivity contribution in [3.8, 4) is 0 Å². The first-order valence-electron chi connectivity index (χ1n) is 13.0. The zero-order chi connectivity index (χ0) is 27.1. The molecule has 0 spiro atoms. The maximum atomic E-state index is 13.7. The number of amides is 3. The van der Waals surface area contributed by atoms with Gasteiger partial charge in [0, 0.05) is 61.6 Å². The molecule has 0 saturated carbocycles. The van der Waals surface area contributed by atoms with Gasteiger partial charge in [0.1, 0.15) is 11.8 Å². The number of hydrazone groups is 1. The number of aromatic nitrogens is 1. The Kier molecular flexibility index (Phi) is 7.14. The van der Waals surface area contributed by atoms with Crippen LogP contribution in [0.4, 0.5) is 4.79 Å². The minimum atomic E-state index is -3.93. The molecule has 5 heterocycles. The van der Waals surface area contributed by atoms with Crippen LogP contribution in [-0.2, 0) is 24.3 Å². The minimum absolute atomic E-state index is 0.00877. The highest BCUT2D eigenvalue weighted by atomic mass is 35.5. The molecule has 2 atom stereocenters. The van der Waals surface area contributed by atoms with E-state index in [0.29, 0.717) is 67.8 Å². The van der Waals surface area contributed by atoms with Crippen molar-refractivity contribution in [2.75, 3.05) is 59.2 Å². The Bertz CT molecular complexity index is 1410. The van der Waals surface area contributed by atoms with E-state index in [0.717, 1.165) is 0 Å². The van der Waals surface area contributed by atoms with Gasteiger partial charge in [0.05, 0.1) is 25.3 Å². The molecule has 2 N–H and O–H groups in total. The molecule has 2 unspecified atom stereocenters. The molecule has 2 aromatic rings. The second-order valence-corrected chi connectivity index (χ2v) is 12.3. The third-order valence-corrected chi connectivity index (χ3v) is 9.58. The lowest BCUT2D eigenvalue weighted by atomic mass is 10.1. The summed E-state index contributed by atoms with van der Waals surface area (Å²) in [6.45, 7) is 2.74. The molecule has 39 heavy (non-hydrogen) atoms. The number of carbonyl (C=O) groups excluding carboxylic acids is 2. The molecule has 3 fully saturated rings. The van der Waals surface area contributed by atoms with Gasteiger partial charge in [-0.2, -0.15) is 4.31 Å². The molecule has 1 aromatic carbocycles. The highest BCUT2D eigenvalue weighted by Crippen LogP contribution is 2.27. The molecule has 3 saturated heterocycles. The lowest BCUT2D eigenvalue weighted by Crippen LogP contribution is -2.60. The smallest absolute Gasteiger partial charge is 0.340 e. The van der Waals surface area contributed by atoms with Crippen LogP contribution >= 0.6 is 11.6 Å². The molecule has 3 amide bonds. The van der Waals surface area contributed by atoms with Crippen molar-refractivity contribution in [1.82, 2.24) is 29.4 Å². The normalized spacial score (nSPS) is 24.4. The summed E-state index contributed by atoms with van der Waals surface area (Å²) >= 11 is 6.08. The fourth-order valence-corrected chi connectivity index (χ4v) is 7.07. The SMILES string of the molecule is O=C(CC1CN(S(=O)(=O)c2cc3cc(Cl)ccc3[nH]2)CCN1C(=O)N1CCC2NCOC2=N1)N1CCOCC1. The molecule has 1 aromatic heterocycles. The highest BCUT2D eigenvalue weighted by molar-refractivity contribution is 7.89. The van der Waals surface area contributed by atoms with Crippen molar-refractivity contribution in [3.05, 3.63) is 29.3 Å². The quantitative estimate of drug-likeness (QED) is 0.547. The van der Waals surface area contributed by atoms with Gasteiger partial charge < -0.3 is 24.3 Å². The number of ether oxygens (including phenoxy) is 2. The van der Waals surface area contributed by atoms with Gasteiger partial charge in [-0.1, -0.05) is 11.6 Å². The summed E-state index contributed by atoms with van der Waals surface area (Å²) < 4.78 is 39.5. The number of rotatable bonds is 4. The predicted molar refractivity (Wildman–Crippen MR) is 142 cm³/mol. The van der Waals surface area contributed by atoms with Crippen molar-refractivity contribution >= 4 is 50.4 Å². The number of nitrogens with one attached hydrogen (secondary N) is 2. The molecule has 210 valence electrons. The van der Waals surface area contributed by atoms with Gasteiger partial charge in [0.15, 0.2) is 0 Å². The molecule has 4 aliphatic heterocycles. The lowest BCUT2D eigenvalue weighted by molar-refractivity contribution is -0.136. The van der Waals surface area contributed by atoms with Gasteiger partial charge in [0.25, 0.3) is 10.0 Å². The second-order valence-electron chi connectivity index (χ2n) is 9.95. The van der Waals surface area contributed by atoms with Crippen LogP contribution in [0.5, 0.6) is 0 Å². The summed E-state index contributed by atoms with van der Waals surface area (Å²) in [5.74, 6) is 0.324. The first-order valence-corrected chi connectivity index (χ1v) is 14.8. The molecule has 6 rings (SSSR count). The first-order chi connectivity index (χ1) is 18.8. The summed E-state index contributed by atoms with van der Waals surface area (Å²) in [6, 6.07) is 5.61. The zero-order valence-corrected chi connectivity index (χ0v) is 22.8. The van der Waals surface area contributed by atoms with Crippen LogP contribution in [0, 0.1) is 0 Å². The summed E-state index contributed by atoms with van der Waals surface area (Å²) in [5.41, 5.74) is 0.650. The Morgan fingerprint density at radius 3 is 2.74 bits per heavy atom. The van der Waals surface area contributed by atoms with Crippen LogP contribution in [0.2, 0.25) is 5.02 Å². The van der Waals surface area contributed by atoms with Crippen LogP contribution in [0.1, 0.15) is 12.8 Å². The molecular formula is C24H30ClN7O6S. The fourth-order valence-electron chi connectivity index (χ4n) is 5.41. The number of morpholine rings is 1. The first kappa shape index (κ1) is 26.3. The van der Waals surface area contributed by atoms with E-state index in [9.17, 15) is 18.0 Å². The number of hydrogen-bond acceptors (Lipinski definition) is 8. The average molecular weight is 580 g/mol. The maximum Gasteiger partial charge on any atom is 0.340 e. The van der Waals surface area contributed by atoms with Crippen molar-refractivity contribution in [2.45, 2.75) is 30.0 Å². The van der Waals surface area contributed by atoms with Gasteiger partial charge in [-0.3, -0.25) is 10.1 Å². The van der Waals surface area contributed by atoms with Gasteiger partial charge in [-0.15, -0.1) is 5.10 Å². The molecular weight excluding hydrogens is 550 g/mol. The number of fused-ring (bicyclic) bond motifs is 2. The van der Waals surface area contributed by atoms with E-state index < -0.39 is 16.1 Å². The monoisotopic (exact) mass is 579 g/mol. The van der Waals surface area contributed by atoms with E-state index in [4.69, 9.17) is 21.1 Å². The summed E-state index contributed by atoms with van der Waals surface area (Å²) in [5, 5.41) is 10.1. The Hall–Kier alpha value is -2.91. The average Bonchev–Trinajstić information content (AvgIpc) is 3.60. The lowest BCUT2D eigenvalue weighted by Gasteiger charge is -2.42. The zero-order valence-electron chi connectivity index (χ0n) is 21.2. The standard InChI is InChI=1S/C24H30ClN7O6S/c25-17-1-2-19-16(11-17)12-21(27-19)39(35,36)30-5-6-31(18(14-30)13-22(33)29-7-9-37-10-8-29)24(34)32-4-3-20-23(28-32)38-15-26-20/h1-2,11-12,18,20,26-27H,3-10,13-15H2. The molecule has 13 nitrogen and oxygen atoms in total. The predicted octanol–water partition coefficient (Wildman–Crippen LogP) is 0.830. The number of hydrogen-bond donors (Lipinski definition) is 2. The molecule has 15 heteroatoms. The number of piperazine rings is 1. The summed E-state index contributed by atoms with van der Waals surface area (Å²) in [4.78, 5) is 33.1. The number of nitrogens with zero attached hydrogens (tertiary/aromatic N) is 5. The van der Waals surface area contributed by atoms with Gasteiger partial charge in [-0.05, 0) is 30.7 Å². The van der Waals surface area contributed by atoms with E-state index in [1.54, 1.807) is 34.1 Å². The number of benzene rings is 1. The topological polar surface area (TPSA) is 140 Å². The molecule has 4 aliphatic rings. The summed E-state index contributed by atoms with van der Waals surface area (Å²) in [6.07, 6.45) is 0.645. The van der Waals surface area contributed by atoms with Crippen LogP contribution in [0.3, 0.4) is 0 Å². The fraction of sp³-hybridized carbons (Fsp3) is 0.542. The van der Waals surface area contributed by atoms with E-state index in [-0.39, 0.29) is 49.1 Å². The second kappa shape index (κ2) is 10.6. The third kappa shape index (κ3) is 5.18. The molecule has 0 bridgehead atoms. The van der Waals surface area contributed by atoms with Crippen LogP contribution in [0.25, 0.3) is 10.9 Å². The molecule has 0 radical (unpaired) electrons. The Labute approximate surface area is 230 Å². The minimum Gasteiger partial charge on any atom is -0.463 e. The van der Waals surface area contributed by atoms with Gasteiger partial charge >= 0.3 is 6.03 Å². The Balaban J connectivity index is 1.25. The largest absolute Gasteiger partial charge is 0.463 e. The van der Waals surface area contributed by atoms with Crippen molar-refractivity contribution in [2.24, 2.45) is 5.10 Å². The van der Waals surface area contributed by atoms with Crippen molar-refractivity contribution in [1.29, 1.82) is 0 Å². The number of sulfonamides is 1. The Morgan fingerprint density at radius 1 is 1.10 bits per heavy atom. The van der Waals surface area contributed by atoms with E-state index in [1.165, 1.54) is 9.31 Å². The van der Waals surface area contributed by atoms with E-state index >= 15 is 0 Å². The van der Waals surface area contributed by atoms with Crippen LogP contribution in [-0.4, -0.2) is 122 Å². The number of carbonyl (C=O) groups is 2. The third-order valence-electron chi connectivity index (χ3n) is 7.56. The number of halogens is 1. The number of urea groups is 1. The van der Waals surface area contributed by atoms with Crippen molar-refractivity contribution in [3.63, 3.8) is 0 Å². The van der Waals surface area contributed by atoms with Gasteiger partial charge in [0.2, 0.25) is 11.8 Å². The van der Waals surface area contributed by atoms with Crippen LogP contribution < -0.4 is 5.32 Å². The maximum absolute atomic E-state index is 13.7. The van der Waals surface area contributed by atoms with Crippen molar-refractivity contribution < 1.29 is 27.5 Å². The molecule has 0 aliphatic carbocycles. The van der Waals surface area contributed by atoms with E-state index in [2.05, 4.69) is 15.4 Å². The number of H-pyrrole nitrogens is 1. The highest BCUT2D eigenvalue weighted by Gasteiger charge is 2.41. The van der Waals surface area contributed by atoms with Crippen LogP contribution in [0.15, 0.2) is 34.4 Å². The Morgan fingerprint density at radius 2 is 1.92 bits per heavy atom. The number of aromatic amines is 1.